The first-order valence-electron chi connectivity index (χ1n) is 9.14. The molecule has 1 aromatic carbocycles. The van der Waals surface area contributed by atoms with Crippen LogP contribution in [-0.4, -0.2) is 31.2 Å². The number of nitrogens with zero attached hydrogens (tertiary/aromatic N) is 5. The molecule has 3 aromatic heterocycles. The standard InChI is InChI=1S/C21H19N5O3S/c1-25-18-16(20(27)26(2)21(25)28)19(30-12-13-7-6-10-22-11-13)24-17(23-18)14-8-4-5-9-15(14)29-3/h4-11H,12H2,1-3H3. The summed E-state index contributed by atoms with van der Waals surface area (Å²) in [7, 11) is 4.62. The number of methoxy groups -OCH3 is 1. The molecular formula is C21H19N5O3S. The zero-order chi connectivity index (χ0) is 21.3. The van der Waals surface area contributed by atoms with Gasteiger partial charge in [-0.15, -0.1) is 11.8 Å². The van der Waals surface area contributed by atoms with E-state index in [1.807, 2.05) is 36.4 Å². The molecule has 0 bridgehead atoms. The van der Waals surface area contributed by atoms with E-state index < -0.39 is 11.2 Å². The van der Waals surface area contributed by atoms with E-state index >= 15 is 0 Å². The predicted octanol–water partition coefficient (Wildman–Crippen LogP) is 2.39. The van der Waals surface area contributed by atoms with Gasteiger partial charge in [0.2, 0.25) is 0 Å². The Morgan fingerprint density at radius 1 is 1.03 bits per heavy atom. The molecule has 0 unspecified atom stereocenters. The number of aromatic nitrogens is 5. The fourth-order valence-corrected chi connectivity index (χ4v) is 4.07. The largest absolute Gasteiger partial charge is 0.496 e. The molecule has 0 aliphatic rings. The van der Waals surface area contributed by atoms with E-state index in [4.69, 9.17) is 9.72 Å². The van der Waals surface area contributed by atoms with Crippen LogP contribution in [0.1, 0.15) is 5.56 Å². The highest BCUT2D eigenvalue weighted by Crippen LogP contribution is 2.32. The van der Waals surface area contributed by atoms with Crippen molar-refractivity contribution in [3.05, 3.63) is 75.2 Å². The fraction of sp³-hybridized carbons (Fsp3) is 0.190. The number of fused-ring (bicyclic) bond motifs is 1. The van der Waals surface area contributed by atoms with Crippen LogP contribution in [-0.2, 0) is 19.8 Å². The first-order chi connectivity index (χ1) is 14.5. The molecular weight excluding hydrogens is 402 g/mol. The Bertz CT molecular complexity index is 1350. The predicted molar refractivity (Wildman–Crippen MR) is 116 cm³/mol. The van der Waals surface area contributed by atoms with Gasteiger partial charge in [0.15, 0.2) is 11.5 Å². The van der Waals surface area contributed by atoms with Gasteiger partial charge < -0.3 is 4.74 Å². The maximum atomic E-state index is 12.9. The van der Waals surface area contributed by atoms with Crippen molar-refractivity contribution in [1.82, 2.24) is 24.1 Å². The van der Waals surface area contributed by atoms with E-state index in [9.17, 15) is 9.59 Å². The van der Waals surface area contributed by atoms with Crippen LogP contribution in [0.25, 0.3) is 22.4 Å². The lowest BCUT2D eigenvalue weighted by molar-refractivity contribution is 0.416. The second-order valence-corrected chi connectivity index (χ2v) is 7.57. The molecule has 30 heavy (non-hydrogen) atoms. The highest BCUT2D eigenvalue weighted by atomic mass is 32.2. The third-order valence-electron chi connectivity index (χ3n) is 4.71. The molecule has 9 heteroatoms. The van der Waals surface area contributed by atoms with Crippen LogP contribution in [0.3, 0.4) is 0 Å². The molecule has 0 spiro atoms. The summed E-state index contributed by atoms with van der Waals surface area (Å²) in [4.78, 5) is 38.8. The number of ether oxygens (including phenoxy) is 1. The van der Waals surface area contributed by atoms with Gasteiger partial charge in [0.25, 0.3) is 5.56 Å². The Kier molecular flexibility index (Phi) is 5.37. The minimum Gasteiger partial charge on any atom is -0.496 e. The molecule has 0 aliphatic carbocycles. The summed E-state index contributed by atoms with van der Waals surface area (Å²) in [6, 6.07) is 11.2. The number of para-hydroxylation sites is 1. The van der Waals surface area contributed by atoms with Crippen LogP contribution < -0.4 is 16.0 Å². The average Bonchev–Trinajstić information content (AvgIpc) is 2.80. The Morgan fingerprint density at radius 3 is 2.57 bits per heavy atom. The molecule has 4 rings (SSSR count). The van der Waals surface area contributed by atoms with Crippen LogP contribution in [0, 0.1) is 0 Å². The molecule has 0 N–H and O–H groups in total. The Balaban J connectivity index is 1.97. The topological polar surface area (TPSA) is 91.9 Å². The lowest BCUT2D eigenvalue weighted by Crippen LogP contribution is -2.37. The zero-order valence-corrected chi connectivity index (χ0v) is 17.5. The molecule has 0 saturated carbocycles. The van der Waals surface area contributed by atoms with Crippen LogP contribution in [0.15, 0.2) is 63.4 Å². The van der Waals surface area contributed by atoms with Crippen LogP contribution in [0.5, 0.6) is 5.75 Å². The first-order valence-corrected chi connectivity index (χ1v) is 10.1. The maximum Gasteiger partial charge on any atom is 0.332 e. The second-order valence-electron chi connectivity index (χ2n) is 6.61. The number of rotatable bonds is 5. The lowest BCUT2D eigenvalue weighted by atomic mass is 10.2. The summed E-state index contributed by atoms with van der Waals surface area (Å²) in [5.74, 6) is 1.56. The third-order valence-corrected chi connectivity index (χ3v) is 5.76. The van der Waals surface area contributed by atoms with Crippen LogP contribution in [0.2, 0.25) is 0 Å². The van der Waals surface area contributed by atoms with Crippen molar-refractivity contribution in [3.8, 4) is 17.1 Å². The van der Waals surface area contributed by atoms with Crippen molar-refractivity contribution in [3.63, 3.8) is 0 Å². The molecule has 3 heterocycles. The minimum atomic E-state index is -0.444. The second kappa shape index (κ2) is 8.11. The smallest absolute Gasteiger partial charge is 0.332 e. The molecule has 0 atom stereocenters. The van der Waals surface area contributed by atoms with E-state index in [0.29, 0.717) is 33.3 Å². The molecule has 4 aromatic rings. The quantitative estimate of drug-likeness (QED) is 0.361. The van der Waals surface area contributed by atoms with Crippen molar-refractivity contribution in [2.24, 2.45) is 14.1 Å². The van der Waals surface area contributed by atoms with Gasteiger partial charge in [0, 0.05) is 32.2 Å². The molecule has 0 aliphatic heterocycles. The SMILES string of the molecule is COc1ccccc1-c1nc(SCc2cccnc2)c2c(=O)n(C)c(=O)n(C)c2n1. The van der Waals surface area contributed by atoms with E-state index in [0.717, 1.165) is 10.1 Å². The zero-order valence-electron chi connectivity index (χ0n) is 16.7. The Morgan fingerprint density at radius 2 is 1.83 bits per heavy atom. The van der Waals surface area contributed by atoms with Gasteiger partial charge in [-0.3, -0.25) is 18.9 Å². The number of hydrogen-bond donors (Lipinski definition) is 0. The van der Waals surface area contributed by atoms with E-state index in [-0.39, 0.29) is 5.65 Å². The minimum absolute atomic E-state index is 0.285. The Labute approximate surface area is 176 Å². The molecule has 8 nitrogen and oxygen atoms in total. The van der Waals surface area contributed by atoms with Crippen molar-refractivity contribution < 1.29 is 4.74 Å². The number of pyridine rings is 1. The van der Waals surface area contributed by atoms with Gasteiger partial charge in [-0.25, -0.2) is 14.8 Å². The molecule has 0 fully saturated rings. The summed E-state index contributed by atoms with van der Waals surface area (Å²) >= 11 is 1.40. The van der Waals surface area contributed by atoms with Gasteiger partial charge >= 0.3 is 5.69 Å². The van der Waals surface area contributed by atoms with Gasteiger partial charge in [0.1, 0.15) is 16.2 Å². The lowest BCUT2D eigenvalue weighted by Gasteiger charge is -2.13. The monoisotopic (exact) mass is 421 g/mol. The highest BCUT2D eigenvalue weighted by Gasteiger charge is 2.19. The van der Waals surface area contributed by atoms with Gasteiger partial charge in [-0.05, 0) is 23.8 Å². The van der Waals surface area contributed by atoms with Gasteiger partial charge in [0.05, 0.1) is 12.7 Å². The number of thioether (sulfide) groups is 1. The number of aryl methyl sites for hydroxylation is 1. The van der Waals surface area contributed by atoms with Crippen molar-refractivity contribution in [2.75, 3.05) is 7.11 Å². The van der Waals surface area contributed by atoms with Crippen molar-refractivity contribution in [1.29, 1.82) is 0 Å². The van der Waals surface area contributed by atoms with E-state index in [1.165, 1.54) is 23.4 Å². The normalized spacial score (nSPS) is 11.0. The summed E-state index contributed by atoms with van der Waals surface area (Å²) in [5.41, 5.74) is 1.09. The first kappa shape index (κ1) is 19.8. The molecule has 152 valence electrons. The summed E-state index contributed by atoms with van der Waals surface area (Å²) in [6.45, 7) is 0. The van der Waals surface area contributed by atoms with Gasteiger partial charge in [-0.2, -0.15) is 0 Å². The van der Waals surface area contributed by atoms with Gasteiger partial charge in [-0.1, -0.05) is 18.2 Å². The molecule has 0 saturated heterocycles. The summed E-state index contributed by atoms with van der Waals surface area (Å²) < 4.78 is 7.89. The van der Waals surface area contributed by atoms with Crippen LogP contribution in [0.4, 0.5) is 0 Å². The Hall–Kier alpha value is -3.46. The van der Waals surface area contributed by atoms with E-state index in [2.05, 4.69) is 9.97 Å². The number of hydrogen-bond acceptors (Lipinski definition) is 7. The molecule has 0 amide bonds. The molecule has 0 radical (unpaired) electrons. The van der Waals surface area contributed by atoms with Crippen molar-refractivity contribution >= 4 is 22.8 Å². The third kappa shape index (κ3) is 3.48. The summed E-state index contributed by atoms with van der Waals surface area (Å²) in [5, 5.41) is 0.813. The number of benzene rings is 1. The average molecular weight is 421 g/mol. The van der Waals surface area contributed by atoms with Crippen LogP contribution >= 0.6 is 11.8 Å². The van der Waals surface area contributed by atoms with E-state index in [1.54, 1.807) is 26.6 Å². The summed E-state index contributed by atoms with van der Waals surface area (Å²) in [6.07, 6.45) is 3.48. The fourth-order valence-electron chi connectivity index (χ4n) is 3.12. The highest BCUT2D eigenvalue weighted by molar-refractivity contribution is 7.98. The van der Waals surface area contributed by atoms with Crippen molar-refractivity contribution in [2.45, 2.75) is 10.8 Å². The maximum absolute atomic E-state index is 12.9.